The summed E-state index contributed by atoms with van der Waals surface area (Å²) in [6.07, 6.45) is 9.03. The van der Waals surface area contributed by atoms with Gasteiger partial charge in [0.1, 0.15) is 6.61 Å². The van der Waals surface area contributed by atoms with E-state index in [1.54, 1.807) is 6.08 Å². The monoisotopic (exact) mass is 235 g/mol. The quantitative estimate of drug-likeness (QED) is 0.764. The van der Waals surface area contributed by atoms with Crippen molar-refractivity contribution in [3.05, 3.63) is 12.7 Å². The van der Waals surface area contributed by atoms with Crippen LogP contribution in [-0.4, -0.2) is 18.2 Å². The molecule has 0 aromatic rings. The second-order valence-corrected chi connectivity index (χ2v) is 6.21. The first-order chi connectivity index (χ1) is 8.19. The highest BCUT2D eigenvalue weighted by molar-refractivity contribution is 5.68. The maximum absolute atomic E-state index is 11.7. The molecule has 0 aliphatic heterocycles. The molecular weight excluding hydrogens is 214 g/mol. The molecule has 0 unspecified atom stereocenters. The van der Waals surface area contributed by atoms with Crippen LogP contribution in [0.5, 0.6) is 0 Å². The highest BCUT2D eigenvalue weighted by Gasteiger charge is 2.51. The largest absolute Gasteiger partial charge is 0.445 e. The van der Waals surface area contributed by atoms with Crippen LogP contribution >= 0.6 is 0 Å². The number of carbonyl (C=O) groups is 1. The molecule has 17 heavy (non-hydrogen) atoms. The van der Waals surface area contributed by atoms with Gasteiger partial charge in [-0.2, -0.15) is 0 Å². The van der Waals surface area contributed by atoms with Gasteiger partial charge >= 0.3 is 6.09 Å². The molecule has 0 aromatic carbocycles. The number of ether oxygens (including phenoxy) is 1. The zero-order valence-corrected chi connectivity index (χ0v) is 10.3. The average molecular weight is 235 g/mol. The van der Waals surface area contributed by atoms with E-state index in [4.69, 9.17) is 4.74 Å². The summed E-state index contributed by atoms with van der Waals surface area (Å²) in [5, 5.41) is 3.15. The van der Waals surface area contributed by atoms with Crippen LogP contribution in [0.1, 0.15) is 38.5 Å². The minimum Gasteiger partial charge on any atom is -0.445 e. The Morgan fingerprint density at radius 1 is 1.24 bits per heavy atom. The van der Waals surface area contributed by atoms with Crippen molar-refractivity contribution < 1.29 is 9.53 Å². The average Bonchev–Trinajstić information content (AvgIpc) is 2.23. The fourth-order valence-electron chi connectivity index (χ4n) is 4.65. The number of hydrogen-bond donors (Lipinski definition) is 1. The van der Waals surface area contributed by atoms with E-state index in [2.05, 4.69) is 11.9 Å². The number of carbonyl (C=O) groups excluding carboxylic acids is 1. The van der Waals surface area contributed by atoms with E-state index >= 15 is 0 Å². The predicted octanol–water partition coefficient (Wildman–Crippen LogP) is 2.87. The molecule has 4 aliphatic rings. The molecule has 0 saturated heterocycles. The molecule has 0 radical (unpaired) electrons. The van der Waals surface area contributed by atoms with Gasteiger partial charge in [-0.3, -0.25) is 0 Å². The van der Waals surface area contributed by atoms with Crippen LogP contribution in [-0.2, 0) is 4.74 Å². The first kappa shape index (κ1) is 11.1. The molecule has 94 valence electrons. The number of alkyl carbamates (subject to hydrolysis) is 1. The third-order valence-electron chi connectivity index (χ3n) is 4.74. The highest BCUT2D eigenvalue weighted by Crippen LogP contribution is 2.55. The molecule has 4 bridgehead atoms. The SMILES string of the molecule is C=CCOC(=O)NC12CC3CC(CC(C3)C1)C2. The maximum atomic E-state index is 11.7. The lowest BCUT2D eigenvalue weighted by Gasteiger charge is -2.56. The lowest BCUT2D eigenvalue weighted by molar-refractivity contribution is -0.0185. The molecule has 0 heterocycles. The second-order valence-electron chi connectivity index (χ2n) is 6.21. The molecule has 0 aromatic heterocycles. The van der Waals surface area contributed by atoms with Crippen molar-refractivity contribution in [2.75, 3.05) is 6.61 Å². The van der Waals surface area contributed by atoms with Crippen molar-refractivity contribution in [3.63, 3.8) is 0 Å². The van der Waals surface area contributed by atoms with Crippen molar-refractivity contribution in [3.8, 4) is 0 Å². The van der Waals surface area contributed by atoms with Gasteiger partial charge in [-0.05, 0) is 56.3 Å². The standard InChI is InChI=1S/C14H21NO2/c1-2-3-17-13(16)15-14-7-10-4-11(8-14)6-12(5-10)9-14/h2,10-12H,1,3-9H2,(H,15,16). The van der Waals surface area contributed by atoms with Crippen molar-refractivity contribution in [1.29, 1.82) is 0 Å². The highest BCUT2D eigenvalue weighted by atomic mass is 16.5. The third-order valence-corrected chi connectivity index (χ3v) is 4.74. The molecular formula is C14H21NO2. The molecule has 4 aliphatic carbocycles. The molecule has 4 fully saturated rings. The normalized spacial score (nSPS) is 42.2. The summed E-state index contributed by atoms with van der Waals surface area (Å²) < 4.78 is 5.06. The first-order valence-corrected chi connectivity index (χ1v) is 6.75. The van der Waals surface area contributed by atoms with Crippen LogP contribution in [0, 0.1) is 17.8 Å². The summed E-state index contributed by atoms with van der Waals surface area (Å²) in [4.78, 5) is 11.7. The summed E-state index contributed by atoms with van der Waals surface area (Å²) in [5.74, 6) is 2.54. The zero-order valence-electron chi connectivity index (χ0n) is 10.3. The molecule has 0 atom stereocenters. The number of hydrogen-bond acceptors (Lipinski definition) is 2. The van der Waals surface area contributed by atoms with Gasteiger partial charge in [-0.1, -0.05) is 12.7 Å². The van der Waals surface area contributed by atoms with Gasteiger partial charge < -0.3 is 10.1 Å². The van der Waals surface area contributed by atoms with Crippen molar-refractivity contribution in [1.82, 2.24) is 5.32 Å². The number of rotatable bonds is 3. The van der Waals surface area contributed by atoms with Crippen LogP contribution in [0.3, 0.4) is 0 Å². The summed E-state index contributed by atoms with van der Waals surface area (Å²) in [5.41, 5.74) is 0.0625. The Balaban J connectivity index is 1.65. The fraction of sp³-hybridized carbons (Fsp3) is 0.786. The van der Waals surface area contributed by atoms with E-state index in [1.807, 2.05) is 0 Å². The Labute approximate surface area is 103 Å². The van der Waals surface area contributed by atoms with Crippen LogP contribution in [0.15, 0.2) is 12.7 Å². The molecule has 4 rings (SSSR count). The van der Waals surface area contributed by atoms with E-state index in [0.717, 1.165) is 17.8 Å². The number of amides is 1. The fourth-order valence-corrected chi connectivity index (χ4v) is 4.65. The van der Waals surface area contributed by atoms with E-state index < -0.39 is 0 Å². The van der Waals surface area contributed by atoms with Crippen LogP contribution in [0.25, 0.3) is 0 Å². The van der Waals surface area contributed by atoms with Gasteiger partial charge in [-0.25, -0.2) is 4.79 Å². The Kier molecular flexibility index (Phi) is 2.64. The van der Waals surface area contributed by atoms with Crippen molar-refractivity contribution >= 4 is 6.09 Å². The third kappa shape index (κ3) is 2.07. The summed E-state index contributed by atoms with van der Waals surface area (Å²) in [6, 6.07) is 0. The van der Waals surface area contributed by atoms with Gasteiger partial charge in [0.15, 0.2) is 0 Å². The predicted molar refractivity (Wildman–Crippen MR) is 65.6 cm³/mol. The molecule has 1 N–H and O–H groups in total. The molecule has 4 saturated carbocycles. The van der Waals surface area contributed by atoms with Gasteiger partial charge in [0, 0.05) is 5.54 Å². The summed E-state index contributed by atoms with van der Waals surface area (Å²) in [7, 11) is 0. The van der Waals surface area contributed by atoms with Gasteiger partial charge in [0.2, 0.25) is 0 Å². The zero-order chi connectivity index (χ0) is 11.9. The van der Waals surface area contributed by atoms with Crippen molar-refractivity contribution in [2.45, 2.75) is 44.1 Å². The van der Waals surface area contributed by atoms with E-state index in [1.165, 1.54) is 38.5 Å². The van der Waals surface area contributed by atoms with Crippen LogP contribution in [0.2, 0.25) is 0 Å². The van der Waals surface area contributed by atoms with E-state index in [9.17, 15) is 4.79 Å². The molecule has 1 amide bonds. The first-order valence-electron chi connectivity index (χ1n) is 6.75. The van der Waals surface area contributed by atoms with Gasteiger partial charge in [0.25, 0.3) is 0 Å². The molecule has 0 spiro atoms. The Bertz CT molecular complexity index is 302. The Morgan fingerprint density at radius 3 is 2.24 bits per heavy atom. The minimum absolute atomic E-state index is 0.0625. The Morgan fingerprint density at radius 2 is 1.76 bits per heavy atom. The minimum atomic E-state index is -0.258. The maximum Gasteiger partial charge on any atom is 0.407 e. The summed E-state index contributed by atoms with van der Waals surface area (Å²) >= 11 is 0. The summed E-state index contributed by atoms with van der Waals surface area (Å²) in [6.45, 7) is 3.86. The topological polar surface area (TPSA) is 38.3 Å². The van der Waals surface area contributed by atoms with Crippen molar-refractivity contribution in [2.24, 2.45) is 17.8 Å². The second kappa shape index (κ2) is 4.04. The Hall–Kier alpha value is -0.990. The van der Waals surface area contributed by atoms with Crippen LogP contribution in [0.4, 0.5) is 4.79 Å². The van der Waals surface area contributed by atoms with E-state index in [0.29, 0.717) is 6.61 Å². The lowest BCUT2D eigenvalue weighted by Crippen LogP contribution is -2.59. The smallest absolute Gasteiger partial charge is 0.407 e. The van der Waals surface area contributed by atoms with Crippen LogP contribution < -0.4 is 5.32 Å². The lowest BCUT2D eigenvalue weighted by atomic mass is 9.53. The number of nitrogens with one attached hydrogen (secondary N) is 1. The van der Waals surface area contributed by atoms with E-state index in [-0.39, 0.29) is 11.6 Å². The van der Waals surface area contributed by atoms with Gasteiger partial charge in [-0.15, -0.1) is 0 Å². The van der Waals surface area contributed by atoms with Gasteiger partial charge in [0.05, 0.1) is 0 Å². The molecule has 3 nitrogen and oxygen atoms in total. The molecule has 3 heteroatoms.